The number of hydrogen-bond donors (Lipinski definition) is 3. The molecule has 0 aromatic carbocycles. The lowest BCUT2D eigenvalue weighted by molar-refractivity contribution is -0.125. The van der Waals surface area contributed by atoms with Crippen molar-refractivity contribution >= 4 is 0 Å². The normalized spacial score (nSPS) is 15.0. The third-order valence-corrected chi connectivity index (χ3v) is 1.27. The Bertz CT molecular complexity index is 145. The zero-order valence-electron chi connectivity index (χ0n) is 6.68. The van der Waals surface area contributed by atoms with Gasteiger partial charge in [-0.1, -0.05) is 0 Å². The maximum atomic E-state index is 12.1. The first-order chi connectivity index (χ1) is 5.90. The molecule has 0 bridgehead atoms. The lowest BCUT2D eigenvalue weighted by atomic mass is 10.3. The van der Waals surface area contributed by atoms with Crippen molar-refractivity contribution in [2.24, 2.45) is 0 Å². The predicted molar refractivity (Wildman–Crippen MR) is 36.9 cm³/mol. The van der Waals surface area contributed by atoms with Crippen LogP contribution in [0.25, 0.3) is 0 Å². The minimum absolute atomic E-state index is 0.348. The first-order valence-electron chi connectivity index (χ1n) is 3.55. The van der Waals surface area contributed by atoms with E-state index in [1.807, 2.05) is 5.32 Å². The quantitative estimate of drug-likeness (QED) is 0.528. The van der Waals surface area contributed by atoms with Gasteiger partial charge in [0, 0.05) is 6.54 Å². The van der Waals surface area contributed by atoms with Gasteiger partial charge in [-0.3, -0.25) is 0 Å². The van der Waals surface area contributed by atoms with Crippen LogP contribution in [0.2, 0.25) is 0 Å². The number of hydrogen-bond acceptors (Lipinski definition) is 3. The standard InChI is InChI=1S/C6H11F4NO2/c7-5(8)6(9,10)3-11-1-4(13)2-12/h4-5,11-13H,1-3H2/t4-/m0/s1. The first-order valence-corrected chi connectivity index (χ1v) is 3.55. The lowest BCUT2D eigenvalue weighted by Gasteiger charge is -2.16. The molecular weight excluding hydrogens is 194 g/mol. The van der Waals surface area contributed by atoms with E-state index in [9.17, 15) is 17.6 Å². The van der Waals surface area contributed by atoms with Crippen molar-refractivity contribution in [1.29, 1.82) is 0 Å². The van der Waals surface area contributed by atoms with Gasteiger partial charge in [0.25, 0.3) is 0 Å². The second kappa shape index (κ2) is 5.36. The van der Waals surface area contributed by atoms with Crippen LogP contribution in [0.5, 0.6) is 0 Å². The molecule has 0 aliphatic heterocycles. The van der Waals surface area contributed by atoms with E-state index in [-0.39, 0.29) is 6.54 Å². The molecule has 3 N–H and O–H groups in total. The SMILES string of the molecule is OC[C@@H](O)CNCC(F)(F)C(F)F. The van der Waals surface area contributed by atoms with Gasteiger partial charge in [-0.2, -0.15) is 8.78 Å². The van der Waals surface area contributed by atoms with Crippen LogP contribution < -0.4 is 5.32 Å². The molecule has 7 heteroatoms. The van der Waals surface area contributed by atoms with Crippen molar-refractivity contribution < 1.29 is 27.8 Å². The Morgan fingerprint density at radius 3 is 2.23 bits per heavy atom. The zero-order chi connectivity index (χ0) is 10.5. The van der Waals surface area contributed by atoms with E-state index in [0.29, 0.717) is 0 Å². The van der Waals surface area contributed by atoms with Gasteiger partial charge in [-0.25, -0.2) is 8.78 Å². The number of halogens is 4. The maximum Gasteiger partial charge on any atom is 0.319 e. The van der Waals surface area contributed by atoms with Crippen LogP contribution in [0.4, 0.5) is 17.6 Å². The third kappa shape index (κ3) is 5.02. The van der Waals surface area contributed by atoms with Gasteiger partial charge in [-0.05, 0) is 0 Å². The second-order valence-corrected chi connectivity index (χ2v) is 2.53. The number of alkyl halides is 4. The summed E-state index contributed by atoms with van der Waals surface area (Å²) in [6.45, 7) is -2.17. The summed E-state index contributed by atoms with van der Waals surface area (Å²) in [5, 5.41) is 18.8. The van der Waals surface area contributed by atoms with Gasteiger partial charge in [0.1, 0.15) is 0 Å². The van der Waals surface area contributed by atoms with Crippen LogP contribution >= 0.6 is 0 Å². The lowest BCUT2D eigenvalue weighted by Crippen LogP contribution is -2.42. The predicted octanol–water partition coefficient (Wildman–Crippen LogP) is -0.170. The Labute approximate surface area is 72.4 Å². The molecule has 0 aromatic heterocycles. The molecule has 80 valence electrons. The molecule has 0 fully saturated rings. The largest absolute Gasteiger partial charge is 0.394 e. The Morgan fingerprint density at radius 1 is 1.31 bits per heavy atom. The molecule has 13 heavy (non-hydrogen) atoms. The summed E-state index contributed by atoms with van der Waals surface area (Å²) < 4.78 is 47.3. The molecule has 0 aliphatic carbocycles. The third-order valence-electron chi connectivity index (χ3n) is 1.27. The van der Waals surface area contributed by atoms with Gasteiger partial charge in [-0.15, -0.1) is 0 Å². The highest BCUT2D eigenvalue weighted by molar-refractivity contribution is 4.73. The summed E-state index contributed by atoms with van der Waals surface area (Å²) in [5.41, 5.74) is 0. The van der Waals surface area contributed by atoms with Crippen molar-refractivity contribution in [3.05, 3.63) is 0 Å². The molecule has 0 aromatic rings. The molecule has 0 saturated carbocycles. The van der Waals surface area contributed by atoms with E-state index in [4.69, 9.17) is 10.2 Å². The molecule has 3 nitrogen and oxygen atoms in total. The Hall–Kier alpha value is -0.400. The fourth-order valence-electron chi connectivity index (χ4n) is 0.547. The minimum Gasteiger partial charge on any atom is -0.394 e. The zero-order valence-corrected chi connectivity index (χ0v) is 6.68. The molecule has 0 radical (unpaired) electrons. The highest BCUT2D eigenvalue weighted by Gasteiger charge is 2.40. The molecule has 0 amide bonds. The van der Waals surface area contributed by atoms with Crippen molar-refractivity contribution in [1.82, 2.24) is 5.32 Å². The molecule has 0 unspecified atom stereocenters. The van der Waals surface area contributed by atoms with E-state index >= 15 is 0 Å². The van der Waals surface area contributed by atoms with Crippen molar-refractivity contribution in [2.45, 2.75) is 18.5 Å². The fraction of sp³-hybridized carbons (Fsp3) is 1.00. The molecule has 0 spiro atoms. The van der Waals surface area contributed by atoms with Crippen LogP contribution in [0.15, 0.2) is 0 Å². The minimum atomic E-state index is -4.10. The van der Waals surface area contributed by atoms with Crippen LogP contribution in [0.1, 0.15) is 0 Å². The van der Waals surface area contributed by atoms with Crippen LogP contribution in [0.3, 0.4) is 0 Å². The van der Waals surface area contributed by atoms with Crippen molar-refractivity contribution in [2.75, 3.05) is 19.7 Å². The highest BCUT2D eigenvalue weighted by Crippen LogP contribution is 2.21. The summed E-state index contributed by atoms with van der Waals surface area (Å²) in [6.07, 6.45) is -4.94. The summed E-state index contributed by atoms with van der Waals surface area (Å²) in [7, 11) is 0. The molecule has 0 rings (SSSR count). The topological polar surface area (TPSA) is 52.5 Å². The number of nitrogens with one attached hydrogen (secondary N) is 1. The van der Waals surface area contributed by atoms with E-state index in [2.05, 4.69) is 0 Å². The summed E-state index contributed by atoms with van der Waals surface area (Å²) >= 11 is 0. The highest BCUT2D eigenvalue weighted by atomic mass is 19.3. The van der Waals surface area contributed by atoms with Crippen LogP contribution in [0, 0.1) is 0 Å². The van der Waals surface area contributed by atoms with E-state index in [0.717, 1.165) is 0 Å². The number of aliphatic hydroxyl groups excluding tert-OH is 2. The summed E-state index contributed by atoms with van der Waals surface area (Å²) in [5.74, 6) is -4.10. The molecule has 1 atom stereocenters. The Kier molecular flexibility index (Phi) is 5.19. The molecule has 0 aliphatic rings. The van der Waals surface area contributed by atoms with Crippen LogP contribution in [-0.2, 0) is 0 Å². The Balaban J connectivity index is 3.63. The van der Waals surface area contributed by atoms with Crippen LogP contribution in [-0.4, -0.2) is 48.4 Å². The Morgan fingerprint density at radius 2 is 1.85 bits per heavy atom. The fourth-order valence-corrected chi connectivity index (χ4v) is 0.547. The smallest absolute Gasteiger partial charge is 0.319 e. The van der Waals surface area contributed by atoms with E-state index < -0.39 is 31.6 Å². The molecular formula is C6H11F4NO2. The first kappa shape index (κ1) is 12.6. The number of aliphatic hydroxyl groups is 2. The van der Waals surface area contributed by atoms with Gasteiger partial charge >= 0.3 is 12.3 Å². The van der Waals surface area contributed by atoms with Gasteiger partial charge < -0.3 is 15.5 Å². The average Bonchev–Trinajstić information content (AvgIpc) is 2.03. The van der Waals surface area contributed by atoms with E-state index in [1.165, 1.54) is 0 Å². The van der Waals surface area contributed by atoms with E-state index in [1.54, 1.807) is 0 Å². The number of rotatable bonds is 6. The molecule has 0 heterocycles. The monoisotopic (exact) mass is 205 g/mol. The van der Waals surface area contributed by atoms with Gasteiger partial charge in [0.05, 0.1) is 19.3 Å². The maximum absolute atomic E-state index is 12.1. The average molecular weight is 205 g/mol. The second-order valence-electron chi connectivity index (χ2n) is 2.53. The van der Waals surface area contributed by atoms with Crippen molar-refractivity contribution in [3.63, 3.8) is 0 Å². The van der Waals surface area contributed by atoms with Gasteiger partial charge in [0.15, 0.2) is 0 Å². The molecule has 0 saturated heterocycles. The van der Waals surface area contributed by atoms with Crippen molar-refractivity contribution in [3.8, 4) is 0 Å². The summed E-state index contributed by atoms with van der Waals surface area (Å²) in [4.78, 5) is 0. The van der Waals surface area contributed by atoms with Gasteiger partial charge in [0.2, 0.25) is 0 Å². The summed E-state index contributed by atoms with van der Waals surface area (Å²) in [6, 6.07) is 0.